The van der Waals surface area contributed by atoms with E-state index in [1.165, 1.54) is 32.1 Å². The summed E-state index contributed by atoms with van der Waals surface area (Å²) in [5, 5.41) is 2.97. The quantitative estimate of drug-likeness (QED) is 0.709. The van der Waals surface area contributed by atoms with Gasteiger partial charge in [-0.3, -0.25) is 4.79 Å². The lowest BCUT2D eigenvalue weighted by molar-refractivity contribution is -0.124. The summed E-state index contributed by atoms with van der Waals surface area (Å²) < 4.78 is 5.31. The molecule has 1 saturated carbocycles. The molecule has 2 heterocycles. The van der Waals surface area contributed by atoms with Gasteiger partial charge in [0.2, 0.25) is 5.91 Å². The van der Waals surface area contributed by atoms with Gasteiger partial charge in [0, 0.05) is 24.8 Å². The Labute approximate surface area is 171 Å². The molecule has 0 atom stereocenters. The maximum Gasteiger partial charge on any atom is 0.244 e. The number of carbonyl (C=O) groups excluding carboxylic acids is 1. The number of H-pyrrole nitrogens is 1. The number of nitrogens with two attached hydrogens (primary N) is 1. The maximum atomic E-state index is 12.6. The minimum absolute atomic E-state index is 0. The van der Waals surface area contributed by atoms with E-state index in [1.807, 2.05) is 18.2 Å². The first-order chi connectivity index (χ1) is 12.1. The summed E-state index contributed by atoms with van der Waals surface area (Å²) >= 11 is 0. The van der Waals surface area contributed by atoms with Crippen LogP contribution in [0.5, 0.6) is 0 Å². The molecule has 0 radical (unpaired) electrons. The van der Waals surface area contributed by atoms with Crippen LogP contribution in [0.25, 0.3) is 11.0 Å². The van der Waals surface area contributed by atoms with Crippen LogP contribution in [-0.2, 0) is 9.53 Å². The van der Waals surface area contributed by atoms with Crippen LogP contribution in [0.4, 0.5) is 5.69 Å². The number of carbonyl (C=O) groups is 1. The van der Waals surface area contributed by atoms with Crippen LogP contribution in [0.1, 0.15) is 56.7 Å². The first-order valence-corrected chi connectivity index (χ1v) is 9.32. The number of hydrogen-bond donors (Lipinski definition) is 3. The van der Waals surface area contributed by atoms with Gasteiger partial charge in [-0.25, -0.2) is 4.98 Å². The van der Waals surface area contributed by atoms with Gasteiger partial charge in [0.15, 0.2) is 0 Å². The summed E-state index contributed by atoms with van der Waals surface area (Å²) in [4.78, 5) is 20.8. The Kier molecular flexibility index (Phi) is 7.51. The van der Waals surface area contributed by atoms with Crippen LogP contribution in [0.2, 0.25) is 0 Å². The number of halogens is 2. The van der Waals surface area contributed by atoms with Gasteiger partial charge in [0.1, 0.15) is 11.4 Å². The molecule has 4 rings (SSSR count). The van der Waals surface area contributed by atoms with E-state index in [0.717, 1.165) is 22.5 Å². The van der Waals surface area contributed by atoms with Gasteiger partial charge >= 0.3 is 0 Å². The van der Waals surface area contributed by atoms with Gasteiger partial charge in [-0.05, 0) is 43.9 Å². The average molecular weight is 415 g/mol. The number of nitrogens with one attached hydrogen (secondary N) is 2. The van der Waals surface area contributed by atoms with Crippen molar-refractivity contribution in [1.29, 1.82) is 0 Å². The van der Waals surface area contributed by atoms with Crippen LogP contribution < -0.4 is 11.1 Å². The smallest absolute Gasteiger partial charge is 0.244 e. The zero-order valence-electron chi connectivity index (χ0n) is 15.3. The summed E-state index contributed by atoms with van der Waals surface area (Å²) in [6.45, 7) is 1.07. The van der Waals surface area contributed by atoms with Crippen LogP contribution in [0, 0.1) is 0 Å². The fourth-order valence-electron chi connectivity index (χ4n) is 3.89. The minimum Gasteiger partial charge on any atom is -0.381 e. The Morgan fingerprint density at radius 1 is 1.19 bits per heavy atom. The van der Waals surface area contributed by atoms with E-state index in [0.29, 0.717) is 32.0 Å². The highest BCUT2D eigenvalue weighted by molar-refractivity contribution is 5.99. The average Bonchev–Trinajstić information content (AvgIpc) is 3.06. The predicted octanol–water partition coefficient (Wildman–Crippen LogP) is 3.90. The Bertz CT molecular complexity index is 768. The maximum absolute atomic E-state index is 12.6. The number of aromatic amines is 1. The summed E-state index contributed by atoms with van der Waals surface area (Å²) in [5.74, 6) is 1.48. The van der Waals surface area contributed by atoms with Crippen LogP contribution in [0.15, 0.2) is 18.2 Å². The van der Waals surface area contributed by atoms with Crippen LogP contribution in [-0.4, -0.2) is 34.6 Å². The van der Waals surface area contributed by atoms with Gasteiger partial charge in [-0.2, -0.15) is 0 Å². The van der Waals surface area contributed by atoms with Gasteiger partial charge in [-0.15, -0.1) is 24.8 Å². The molecule has 1 aromatic heterocycles. The highest BCUT2D eigenvalue weighted by Gasteiger charge is 2.36. The summed E-state index contributed by atoms with van der Waals surface area (Å²) in [6.07, 6.45) is 7.42. The molecule has 8 heteroatoms. The Balaban J connectivity index is 0.00000131. The molecule has 2 aliphatic rings. The van der Waals surface area contributed by atoms with Gasteiger partial charge in [0.05, 0.1) is 11.0 Å². The summed E-state index contributed by atoms with van der Waals surface area (Å²) in [7, 11) is 0. The van der Waals surface area contributed by atoms with Gasteiger partial charge < -0.3 is 20.8 Å². The third-order valence-corrected chi connectivity index (χ3v) is 5.59. The highest BCUT2D eigenvalue weighted by Crippen LogP contribution is 2.32. The molecule has 27 heavy (non-hydrogen) atoms. The van der Waals surface area contributed by atoms with Gasteiger partial charge in [0.25, 0.3) is 0 Å². The normalized spacial score (nSPS) is 19.7. The number of benzene rings is 1. The number of imidazole rings is 1. The molecule has 0 bridgehead atoms. The van der Waals surface area contributed by atoms with Crippen molar-refractivity contribution >= 4 is 47.4 Å². The Morgan fingerprint density at radius 2 is 1.89 bits per heavy atom. The Morgan fingerprint density at radius 3 is 2.59 bits per heavy atom. The van der Waals surface area contributed by atoms with E-state index in [2.05, 4.69) is 10.3 Å². The van der Waals surface area contributed by atoms with Crippen molar-refractivity contribution in [2.75, 3.05) is 18.5 Å². The number of amides is 1. The third-order valence-electron chi connectivity index (χ3n) is 5.59. The van der Waals surface area contributed by atoms with Gasteiger partial charge in [-0.1, -0.05) is 19.3 Å². The van der Waals surface area contributed by atoms with Crippen LogP contribution in [0.3, 0.4) is 0 Å². The van der Waals surface area contributed by atoms with Crippen molar-refractivity contribution in [1.82, 2.24) is 9.97 Å². The molecule has 150 valence electrons. The lowest BCUT2D eigenvalue weighted by Crippen LogP contribution is -2.54. The zero-order valence-corrected chi connectivity index (χ0v) is 17.0. The third kappa shape index (κ3) is 4.74. The van der Waals surface area contributed by atoms with Crippen molar-refractivity contribution in [2.45, 2.75) is 56.4 Å². The second-order valence-electron chi connectivity index (χ2n) is 7.41. The molecule has 2 fully saturated rings. The van der Waals surface area contributed by atoms with E-state index in [-0.39, 0.29) is 30.7 Å². The number of nitrogens with zero attached hydrogens (tertiary/aromatic N) is 1. The number of rotatable bonds is 3. The van der Waals surface area contributed by atoms with Crippen molar-refractivity contribution in [2.24, 2.45) is 5.73 Å². The lowest BCUT2D eigenvalue weighted by Gasteiger charge is -2.31. The molecule has 4 N–H and O–H groups in total. The molecule has 0 unspecified atom stereocenters. The van der Waals surface area contributed by atoms with Crippen molar-refractivity contribution in [3.63, 3.8) is 0 Å². The minimum atomic E-state index is -0.839. The molecular formula is C19H28Cl2N4O2. The number of ether oxygens (including phenoxy) is 1. The standard InChI is InChI=1S/C19H26N4O2.2ClH/c20-19(8-10-25-11-9-19)18(24)21-14-6-7-15-16(12-14)23-17(22-15)13-4-2-1-3-5-13;;/h6-7,12-13H,1-5,8-11,20H2,(H,21,24)(H,22,23);2*1H. The zero-order chi connectivity index (χ0) is 17.3. The van der Waals surface area contributed by atoms with E-state index in [4.69, 9.17) is 15.5 Å². The molecule has 0 spiro atoms. The van der Waals surface area contributed by atoms with Crippen molar-refractivity contribution < 1.29 is 9.53 Å². The van der Waals surface area contributed by atoms with Crippen LogP contribution >= 0.6 is 24.8 Å². The second-order valence-corrected chi connectivity index (χ2v) is 7.41. The number of anilines is 1. The number of fused-ring (bicyclic) bond motifs is 1. The molecule has 1 aliphatic heterocycles. The largest absolute Gasteiger partial charge is 0.381 e. The van der Waals surface area contributed by atoms with E-state index >= 15 is 0 Å². The number of aromatic nitrogens is 2. The molecule has 1 aliphatic carbocycles. The SMILES string of the molecule is Cl.Cl.NC1(C(=O)Nc2ccc3nc(C4CCCCC4)[nH]c3c2)CCOCC1. The molecule has 2 aromatic rings. The monoisotopic (exact) mass is 414 g/mol. The molecule has 6 nitrogen and oxygen atoms in total. The predicted molar refractivity (Wildman–Crippen MR) is 112 cm³/mol. The fraction of sp³-hybridized carbons (Fsp3) is 0.579. The Hall–Kier alpha value is -1.34. The summed E-state index contributed by atoms with van der Waals surface area (Å²) in [5.41, 5.74) is 8.09. The van der Waals surface area contributed by atoms with E-state index < -0.39 is 5.54 Å². The fourth-order valence-corrected chi connectivity index (χ4v) is 3.89. The van der Waals surface area contributed by atoms with E-state index in [9.17, 15) is 4.79 Å². The molecular weight excluding hydrogens is 387 g/mol. The summed E-state index contributed by atoms with van der Waals surface area (Å²) in [6, 6.07) is 5.81. The number of hydrogen-bond acceptors (Lipinski definition) is 4. The molecule has 1 saturated heterocycles. The molecule has 1 amide bonds. The topological polar surface area (TPSA) is 93.0 Å². The van der Waals surface area contributed by atoms with E-state index in [1.54, 1.807) is 0 Å². The first kappa shape index (κ1) is 22.0. The van der Waals surface area contributed by atoms with Crippen molar-refractivity contribution in [3.05, 3.63) is 24.0 Å². The molecule has 1 aromatic carbocycles. The highest BCUT2D eigenvalue weighted by atomic mass is 35.5. The lowest BCUT2D eigenvalue weighted by atomic mass is 9.89. The first-order valence-electron chi connectivity index (χ1n) is 9.32. The second kappa shape index (κ2) is 9.24. The van der Waals surface area contributed by atoms with Crippen molar-refractivity contribution in [3.8, 4) is 0 Å².